The maximum atomic E-state index is 13.1. The van der Waals surface area contributed by atoms with Gasteiger partial charge in [-0.2, -0.15) is 0 Å². The number of benzene rings is 2. The Hall–Kier alpha value is -2.49. The highest BCUT2D eigenvalue weighted by Gasteiger charge is 2.23. The second-order valence-electron chi connectivity index (χ2n) is 7.79. The van der Waals surface area contributed by atoms with E-state index in [1.54, 1.807) is 30.1 Å². The van der Waals surface area contributed by atoms with Gasteiger partial charge in [-0.15, -0.1) is 0 Å². The highest BCUT2D eigenvalue weighted by atomic mass is 35.6. The van der Waals surface area contributed by atoms with Gasteiger partial charge >= 0.3 is 0 Å². The lowest BCUT2D eigenvalue weighted by Gasteiger charge is -2.26. The third-order valence-electron chi connectivity index (χ3n) is 5.53. The van der Waals surface area contributed by atoms with Crippen molar-refractivity contribution in [3.63, 3.8) is 0 Å². The van der Waals surface area contributed by atoms with Crippen LogP contribution in [-0.4, -0.2) is 34.7 Å². The zero-order chi connectivity index (χ0) is 23.4. The summed E-state index contributed by atoms with van der Waals surface area (Å²) in [5.74, 6) is 7.17. The van der Waals surface area contributed by atoms with E-state index in [0.29, 0.717) is 25.2 Å². The minimum absolute atomic E-state index is 0.0294. The maximum Gasteiger partial charge on any atom is 0.258 e. The quantitative estimate of drug-likeness (QED) is 0.388. The molecule has 4 rings (SSSR count). The Morgan fingerprint density at radius 1 is 1.09 bits per heavy atom. The molecular weight excluding hydrogens is 481 g/mol. The van der Waals surface area contributed by atoms with E-state index in [1.165, 1.54) is 0 Å². The number of nitrogens with zero attached hydrogens (tertiary/aromatic N) is 3. The molecule has 0 aliphatic carbocycles. The molecule has 0 bridgehead atoms. The van der Waals surface area contributed by atoms with Crippen LogP contribution in [0.25, 0.3) is 0 Å². The van der Waals surface area contributed by atoms with Crippen LogP contribution in [-0.2, 0) is 23.3 Å². The zero-order valence-electron chi connectivity index (χ0n) is 18.0. The van der Waals surface area contributed by atoms with Gasteiger partial charge in [-0.3, -0.25) is 14.3 Å². The predicted molar refractivity (Wildman–Crippen MR) is 132 cm³/mol. The standard InChI is InChI=1S/C25H22Cl3N3O2/c1-33-21-10-6-18(7-11-21)3-2-13-30-14-12-23-22(16-30)24(32)31(17-29-23)15-19-4-8-20(9-5-19)25(26,27)28/h4-11,17H,12-16H2,1H3. The van der Waals surface area contributed by atoms with Crippen LogP contribution in [0.1, 0.15) is 27.9 Å². The molecule has 0 spiro atoms. The summed E-state index contributed by atoms with van der Waals surface area (Å²) in [6, 6.07) is 14.8. The highest BCUT2D eigenvalue weighted by Crippen LogP contribution is 2.38. The number of methoxy groups -OCH3 is 1. The van der Waals surface area contributed by atoms with Gasteiger partial charge < -0.3 is 4.74 Å². The second-order valence-corrected chi connectivity index (χ2v) is 10.1. The van der Waals surface area contributed by atoms with Crippen LogP contribution in [0.4, 0.5) is 0 Å². The van der Waals surface area contributed by atoms with Gasteiger partial charge in [0, 0.05) is 30.6 Å². The molecule has 0 unspecified atom stereocenters. The van der Waals surface area contributed by atoms with Gasteiger partial charge in [0.05, 0.1) is 37.8 Å². The Kier molecular flexibility index (Phi) is 7.31. The summed E-state index contributed by atoms with van der Waals surface area (Å²) in [4.78, 5) is 19.8. The summed E-state index contributed by atoms with van der Waals surface area (Å²) >= 11 is 17.8. The molecule has 0 amide bonds. The van der Waals surface area contributed by atoms with Crippen molar-refractivity contribution in [1.29, 1.82) is 0 Å². The van der Waals surface area contributed by atoms with Gasteiger partial charge in [0.25, 0.3) is 5.56 Å². The van der Waals surface area contributed by atoms with E-state index in [0.717, 1.165) is 41.1 Å². The Labute approximate surface area is 207 Å². The molecule has 1 aliphatic rings. The average molecular weight is 503 g/mol. The molecule has 1 aliphatic heterocycles. The minimum atomic E-state index is -1.47. The molecule has 5 nitrogen and oxygen atoms in total. The Bertz CT molecular complexity index is 1240. The number of ether oxygens (including phenoxy) is 1. The molecule has 3 aromatic rings. The Morgan fingerprint density at radius 3 is 2.48 bits per heavy atom. The lowest BCUT2D eigenvalue weighted by molar-refractivity contribution is 0.280. The summed E-state index contributed by atoms with van der Waals surface area (Å²) in [5.41, 5.74) is 4.00. The number of hydrogen-bond acceptors (Lipinski definition) is 4. The molecule has 0 radical (unpaired) electrons. The third kappa shape index (κ3) is 5.90. The fraction of sp³-hybridized carbons (Fsp3) is 0.280. The molecule has 2 aromatic carbocycles. The number of fused-ring (bicyclic) bond motifs is 1. The Balaban J connectivity index is 1.44. The van der Waals surface area contributed by atoms with E-state index in [-0.39, 0.29) is 5.56 Å². The number of aromatic nitrogens is 2. The van der Waals surface area contributed by atoms with E-state index in [9.17, 15) is 4.79 Å². The predicted octanol–water partition coefficient (Wildman–Crippen LogP) is 4.54. The lowest BCUT2D eigenvalue weighted by Crippen LogP contribution is -2.38. The van der Waals surface area contributed by atoms with Crippen molar-refractivity contribution in [3.8, 4) is 17.6 Å². The van der Waals surface area contributed by atoms with E-state index in [1.807, 2.05) is 36.4 Å². The first-order chi connectivity index (χ1) is 15.8. The van der Waals surface area contributed by atoms with Crippen molar-refractivity contribution in [2.45, 2.75) is 23.3 Å². The summed E-state index contributed by atoms with van der Waals surface area (Å²) in [6.45, 7) is 2.33. The van der Waals surface area contributed by atoms with Gasteiger partial charge in [-0.25, -0.2) is 4.98 Å². The first kappa shape index (κ1) is 23.7. The van der Waals surface area contributed by atoms with E-state index in [2.05, 4.69) is 21.7 Å². The van der Waals surface area contributed by atoms with Crippen LogP contribution < -0.4 is 10.3 Å². The summed E-state index contributed by atoms with van der Waals surface area (Å²) in [7, 11) is 1.64. The van der Waals surface area contributed by atoms with Crippen molar-refractivity contribution in [1.82, 2.24) is 14.5 Å². The summed E-state index contributed by atoms with van der Waals surface area (Å²) < 4.78 is 5.32. The van der Waals surface area contributed by atoms with Crippen LogP contribution in [0.2, 0.25) is 0 Å². The molecular formula is C25H22Cl3N3O2. The fourth-order valence-corrected chi connectivity index (χ4v) is 4.06. The molecule has 1 aromatic heterocycles. The number of halogens is 3. The Morgan fingerprint density at radius 2 is 1.82 bits per heavy atom. The smallest absolute Gasteiger partial charge is 0.258 e. The van der Waals surface area contributed by atoms with Crippen molar-refractivity contribution in [3.05, 3.63) is 93.2 Å². The van der Waals surface area contributed by atoms with Crippen LogP contribution in [0, 0.1) is 11.8 Å². The third-order valence-corrected chi connectivity index (χ3v) is 6.18. The molecule has 33 heavy (non-hydrogen) atoms. The molecule has 0 atom stereocenters. The molecule has 0 fully saturated rings. The zero-order valence-corrected chi connectivity index (χ0v) is 20.3. The average Bonchev–Trinajstić information content (AvgIpc) is 2.81. The van der Waals surface area contributed by atoms with Crippen molar-refractivity contribution in [2.75, 3.05) is 20.2 Å². The number of alkyl halides is 3. The van der Waals surface area contributed by atoms with Crippen molar-refractivity contribution in [2.24, 2.45) is 0 Å². The molecule has 0 saturated carbocycles. The molecule has 8 heteroatoms. The van der Waals surface area contributed by atoms with Crippen LogP contribution in [0.5, 0.6) is 5.75 Å². The minimum Gasteiger partial charge on any atom is -0.497 e. The molecule has 0 N–H and O–H groups in total. The normalized spacial score (nSPS) is 13.7. The van der Waals surface area contributed by atoms with Crippen LogP contribution >= 0.6 is 34.8 Å². The monoisotopic (exact) mass is 501 g/mol. The van der Waals surface area contributed by atoms with Gasteiger partial charge in [-0.1, -0.05) is 70.9 Å². The first-order valence-corrected chi connectivity index (χ1v) is 11.6. The maximum absolute atomic E-state index is 13.1. The summed E-state index contributed by atoms with van der Waals surface area (Å²) in [6.07, 6.45) is 2.34. The van der Waals surface area contributed by atoms with Gasteiger partial charge in [0.2, 0.25) is 3.79 Å². The lowest BCUT2D eigenvalue weighted by atomic mass is 10.1. The van der Waals surface area contributed by atoms with Crippen LogP contribution in [0.3, 0.4) is 0 Å². The topological polar surface area (TPSA) is 47.4 Å². The van der Waals surface area contributed by atoms with Gasteiger partial charge in [-0.05, 0) is 29.8 Å². The first-order valence-electron chi connectivity index (χ1n) is 10.4. The van der Waals surface area contributed by atoms with Crippen molar-refractivity contribution >= 4 is 34.8 Å². The largest absolute Gasteiger partial charge is 0.497 e. The van der Waals surface area contributed by atoms with Gasteiger partial charge in [0.15, 0.2) is 0 Å². The number of rotatable bonds is 4. The number of hydrogen-bond donors (Lipinski definition) is 0. The van der Waals surface area contributed by atoms with Crippen molar-refractivity contribution < 1.29 is 4.74 Å². The van der Waals surface area contributed by atoms with E-state index in [4.69, 9.17) is 39.5 Å². The second kappa shape index (κ2) is 10.2. The van der Waals surface area contributed by atoms with Crippen LogP contribution in [0.15, 0.2) is 59.7 Å². The fourth-order valence-electron chi connectivity index (χ4n) is 3.68. The molecule has 0 saturated heterocycles. The molecule has 2 heterocycles. The van der Waals surface area contributed by atoms with E-state index < -0.39 is 3.79 Å². The van der Waals surface area contributed by atoms with E-state index >= 15 is 0 Å². The summed E-state index contributed by atoms with van der Waals surface area (Å²) in [5, 5.41) is 0. The highest BCUT2D eigenvalue weighted by molar-refractivity contribution is 6.66. The SMILES string of the molecule is COc1ccc(C#CCN2CCc3ncn(Cc4ccc(C(Cl)(Cl)Cl)cc4)c(=O)c3C2)cc1. The van der Waals surface area contributed by atoms with Gasteiger partial charge in [0.1, 0.15) is 5.75 Å². The molecule has 170 valence electrons.